The van der Waals surface area contributed by atoms with Gasteiger partial charge in [0.1, 0.15) is 36.3 Å². The number of methoxy groups -OCH3 is 1. The normalized spacial score (nSPS) is 31.3. The molecular weight excluding hydrogens is 585 g/mol. The molecule has 4 aromatic heterocycles. The average Bonchev–Trinajstić information content (AvgIpc) is 3.69. The van der Waals surface area contributed by atoms with Crippen molar-refractivity contribution in [3.8, 4) is 0 Å². The summed E-state index contributed by atoms with van der Waals surface area (Å²) in [5.74, 6) is -0.0784. The van der Waals surface area contributed by atoms with Crippen LogP contribution in [-0.4, -0.2) is 105 Å². The van der Waals surface area contributed by atoms with E-state index < -0.39 is 69.3 Å². The number of aliphatic hydroxyl groups is 3. The van der Waals surface area contributed by atoms with Crippen LogP contribution in [0.15, 0.2) is 29.7 Å². The van der Waals surface area contributed by atoms with Gasteiger partial charge in [-0.15, -0.1) is 0 Å². The molecule has 0 aliphatic carbocycles. The van der Waals surface area contributed by atoms with E-state index in [2.05, 4.69) is 24.9 Å². The quantitative estimate of drug-likeness (QED) is 0.103. The smallest absolute Gasteiger partial charge is 0.387 e. The van der Waals surface area contributed by atoms with Crippen LogP contribution in [0.5, 0.6) is 0 Å². The maximum absolute atomic E-state index is 12.9. The Balaban J connectivity index is 1.14. The van der Waals surface area contributed by atoms with Crippen LogP contribution in [0.4, 0.5) is 11.8 Å². The third-order valence-electron chi connectivity index (χ3n) is 6.93. The van der Waals surface area contributed by atoms with E-state index in [1.54, 1.807) is 0 Å². The van der Waals surface area contributed by atoms with Gasteiger partial charge in [0.25, 0.3) is 5.56 Å². The van der Waals surface area contributed by atoms with Crippen molar-refractivity contribution in [3.05, 3.63) is 35.3 Å². The lowest BCUT2D eigenvalue weighted by atomic mass is 10.1. The van der Waals surface area contributed by atoms with Crippen LogP contribution < -0.4 is 17.0 Å². The van der Waals surface area contributed by atoms with E-state index in [9.17, 15) is 29.6 Å². The van der Waals surface area contributed by atoms with Crippen molar-refractivity contribution in [1.82, 2.24) is 34.1 Å². The van der Waals surface area contributed by atoms with Gasteiger partial charge in [0.2, 0.25) is 5.95 Å². The number of phosphoric acid groups is 1. The van der Waals surface area contributed by atoms with Gasteiger partial charge < -0.3 is 50.5 Å². The van der Waals surface area contributed by atoms with Gasteiger partial charge in [-0.3, -0.25) is 23.4 Å². The molecule has 6 rings (SSSR count). The number of phosphoric ester groups is 1. The Kier molecular flexibility index (Phi) is 7.22. The van der Waals surface area contributed by atoms with Crippen molar-refractivity contribution >= 4 is 41.8 Å². The highest BCUT2D eigenvalue weighted by Crippen LogP contribution is 2.49. The third-order valence-corrected chi connectivity index (χ3v) is 7.92. The molecule has 0 amide bonds. The van der Waals surface area contributed by atoms with Crippen LogP contribution in [0.3, 0.4) is 0 Å². The summed E-state index contributed by atoms with van der Waals surface area (Å²) in [6, 6.07) is 1.42. The van der Waals surface area contributed by atoms with Gasteiger partial charge in [-0.2, -0.15) is 4.98 Å². The molecule has 42 heavy (non-hydrogen) atoms. The van der Waals surface area contributed by atoms with E-state index in [1.165, 1.54) is 41.2 Å². The maximum Gasteiger partial charge on any atom is 0.472 e. The minimum absolute atomic E-state index is 0.0837. The molecule has 9 N–H and O–H groups in total. The standard InChI is InChI=1S/C21H26N9O11P/c1-37-20-13(12(33)19(40-20)30-6-26-9-14(22)24-5-25-16(9)30)41-42(35,36)38-4-8-10(31)11(32)18(39-8)29-3-2-7-15(29)27-21(23)28-17(7)34/h2-3,5-6,8,10-13,18-20,31-33H,4H2,1H3,(H,35,36)(H2,22,24,25)(H3,23,27,28,34)/t8-,10?,11?,12?,13?,18-,19-,20+/m1/s1. The SMILES string of the molecule is CO[C@H]1O[C@@H](n2cnc3c(N)ncnc32)C(O)C1OP(=O)(O)OC[C@H]1O[C@@H](n2ccc3c(=O)[nH]c(N)nc32)C(O)C1O. The molecule has 0 spiro atoms. The fraction of sp³-hybridized carbons (Fsp3) is 0.476. The van der Waals surface area contributed by atoms with Crippen molar-refractivity contribution in [3.63, 3.8) is 0 Å². The van der Waals surface area contributed by atoms with Gasteiger partial charge in [0.15, 0.2) is 42.0 Å². The van der Waals surface area contributed by atoms with E-state index in [4.69, 9.17) is 34.7 Å². The van der Waals surface area contributed by atoms with Crippen LogP contribution in [-0.2, 0) is 27.8 Å². The molecule has 2 aliphatic rings. The molecular formula is C21H26N9O11P. The molecule has 20 nitrogen and oxygen atoms in total. The molecule has 0 bridgehead atoms. The molecule has 4 aromatic rings. The zero-order valence-corrected chi connectivity index (χ0v) is 22.5. The van der Waals surface area contributed by atoms with Crippen molar-refractivity contribution in [2.24, 2.45) is 0 Å². The van der Waals surface area contributed by atoms with Crippen molar-refractivity contribution in [1.29, 1.82) is 0 Å². The van der Waals surface area contributed by atoms with Crippen LogP contribution in [0, 0.1) is 0 Å². The first-order valence-electron chi connectivity index (χ1n) is 12.3. The van der Waals surface area contributed by atoms with Crippen LogP contribution in [0.1, 0.15) is 12.5 Å². The first-order chi connectivity index (χ1) is 20.0. The number of aromatic nitrogens is 7. The molecule has 6 heterocycles. The van der Waals surface area contributed by atoms with E-state index in [-0.39, 0.29) is 34.0 Å². The molecule has 2 fully saturated rings. The predicted octanol–water partition coefficient (Wildman–Crippen LogP) is -2.29. The van der Waals surface area contributed by atoms with Gasteiger partial charge in [-0.1, -0.05) is 0 Å². The molecule has 5 unspecified atom stereocenters. The van der Waals surface area contributed by atoms with Crippen LogP contribution in [0.2, 0.25) is 0 Å². The fourth-order valence-corrected chi connectivity index (χ4v) is 5.85. The summed E-state index contributed by atoms with van der Waals surface area (Å²) in [5.41, 5.74) is 11.5. The molecule has 2 aliphatic heterocycles. The van der Waals surface area contributed by atoms with Gasteiger partial charge in [0.05, 0.1) is 18.3 Å². The van der Waals surface area contributed by atoms with Crippen molar-refractivity contribution < 1.29 is 48.0 Å². The Morgan fingerprint density at radius 1 is 1.07 bits per heavy atom. The second kappa shape index (κ2) is 10.6. The van der Waals surface area contributed by atoms with E-state index >= 15 is 0 Å². The number of hydrogen-bond donors (Lipinski definition) is 7. The lowest BCUT2D eigenvalue weighted by Gasteiger charge is -2.23. The first-order valence-corrected chi connectivity index (χ1v) is 13.8. The molecule has 2 saturated heterocycles. The zero-order valence-electron chi connectivity index (χ0n) is 21.6. The third kappa shape index (κ3) is 4.82. The number of nitrogens with two attached hydrogens (primary N) is 2. The van der Waals surface area contributed by atoms with Crippen LogP contribution in [0.25, 0.3) is 22.2 Å². The average molecular weight is 611 g/mol. The van der Waals surface area contributed by atoms with Gasteiger partial charge in [-0.05, 0) is 6.07 Å². The predicted molar refractivity (Wildman–Crippen MR) is 138 cm³/mol. The van der Waals surface area contributed by atoms with Gasteiger partial charge in [0, 0.05) is 13.3 Å². The minimum atomic E-state index is -4.96. The number of aromatic amines is 1. The number of rotatable bonds is 8. The zero-order chi connectivity index (χ0) is 29.9. The van der Waals surface area contributed by atoms with E-state index in [1.807, 2.05) is 0 Å². The maximum atomic E-state index is 12.9. The molecule has 0 aromatic carbocycles. The summed E-state index contributed by atoms with van der Waals surface area (Å²) in [7, 11) is -3.73. The number of aliphatic hydroxyl groups excluding tert-OH is 3. The Bertz CT molecular complexity index is 1730. The number of nitrogen functional groups attached to an aromatic ring is 2. The Morgan fingerprint density at radius 2 is 1.83 bits per heavy atom. The van der Waals surface area contributed by atoms with E-state index in [0.717, 1.165) is 0 Å². The molecule has 0 saturated carbocycles. The number of H-pyrrole nitrogens is 1. The molecule has 9 atom stereocenters. The second-order valence-corrected chi connectivity index (χ2v) is 10.9. The largest absolute Gasteiger partial charge is 0.472 e. The summed E-state index contributed by atoms with van der Waals surface area (Å²) in [6.07, 6.45) is -7.41. The van der Waals surface area contributed by atoms with Gasteiger partial charge in [-0.25, -0.2) is 19.5 Å². The Hall–Kier alpha value is -3.56. The summed E-state index contributed by atoms with van der Waals surface area (Å²) in [6.45, 7) is -0.717. The number of nitrogens with zero attached hydrogens (tertiary/aromatic N) is 6. The van der Waals surface area contributed by atoms with E-state index in [0.29, 0.717) is 0 Å². The minimum Gasteiger partial charge on any atom is -0.387 e. The fourth-order valence-electron chi connectivity index (χ4n) is 4.92. The number of anilines is 2. The highest BCUT2D eigenvalue weighted by atomic mass is 31.2. The number of nitrogens with one attached hydrogen (secondary N) is 1. The first kappa shape index (κ1) is 28.6. The Morgan fingerprint density at radius 3 is 2.60 bits per heavy atom. The number of imidazole rings is 1. The topological polar surface area (TPSA) is 290 Å². The second-order valence-electron chi connectivity index (χ2n) is 9.50. The summed E-state index contributed by atoms with van der Waals surface area (Å²) in [5, 5.41) is 32.3. The number of ether oxygens (including phenoxy) is 3. The van der Waals surface area contributed by atoms with Gasteiger partial charge >= 0.3 is 7.82 Å². The van der Waals surface area contributed by atoms with Crippen LogP contribution >= 0.6 is 7.82 Å². The lowest BCUT2D eigenvalue weighted by Crippen LogP contribution is -2.36. The van der Waals surface area contributed by atoms with Crippen molar-refractivity contribution in [2.75, 3.05) is 25.2 Å². The molecule has 21 heteroatoms. The number of hydrogen-bond acceptors (Lipinski definition) is 16. The highest BCUT2D eigenvalue weighted by molar-refractivity contribution is 7.47. The molecule has 226 valence electrons. The summed E-state index contributed by atoms with van der Waals surface area (Å²) in [4.78, 5) is 41.0. The number of fused-ring (bicyclic) bond motifs is 2. The molecule has 0 radical (unpaired) electrons. The summed E-state index contributed by atoms with van der Waals surface area (Å²) >= 11 is 0. The Labute approximate surface area is 234 Å². The monoisotopic (exact) mass is 611 g/mol. The van der Waals surface area contributed by atoms with Crippen molar-refractivity contribution in [2.45, 2.75) is 49.3 Å². The highest BCUT2D eigenvalue weighted by Gasteiger charge is 2.51. The lowest BCUT2D eigenvalue weighted by molar-refractivity contribution is -0.159. The summed E-state index contributed by atoms with van der Waals surface area (Å²) < 4.78 is 42.4.